The molecule has 1 heterocycles. The molecule has 0 radical (unpaired) electrons. The van der Waals surface area contributed by atoms with Gasteiger partial charge in [-0.2, -0.15) is 23.5 Å². The quantitative estimate of drug-likeness (QED) is 0.883. The summed E-state index contributed by atoms with van der Waals surface area (Å²) in [6, 6.07) is 9.02. The van der Waals surface area contributed by atoms with E-state index in [0.717, 1.165) is 18.3 Å². The van der Waals surface area contributed by atoms with Gasteiger partial charge in [-0.3, -0.25) is 0 Å². The average Bonchev–Trinajstić information content (AvgIpc) is 2.40. The Balaban J connectivity index is 1.72. The molecule has 1 atom stereocenters. The summed E-state index contributed by atoms with van der Waals surface area (Å²) in [5.74, 6) is 4.59. The number of rotatable bonds is 5. The van der Waals surface area contributed by atoms with Crippen LogP contribution in [-0.2, 0) is 6.54 Å². The lowest BCUT2D eigenvalue weighted by atomic mass is 10.0. The Labute approximate surface area is 120 Å². The van der Waals surface area contributed by atoms with Gasteiger partial charge in [0.05, 0.1) is 0 Å². The number of hydrogen-bond donors (Lipinski definition) is 1. The highest BCUT2D eigenvalue weighted by molar-refractivity contribution is 8.06. The lowest BCUT2D eigenvalue weighted by Crippen LogP contribution is -2.28. The number of nitrogens with one attached hydrogen (secondary N) is 1. The fourth-order valence-electron chi connectivity index (χ4n) is 2.05. The van der Waals surface area contributed by atoms with Gasteiger partial charge < -0.3 is 5.32 Å². The van der Waals surface area contributed by atoms with Gasteiger partial charge in [0.25, 0.3) is 0 Å². The summed E-state index contributed by atoms with van der Waals surface area (Å²) in [6.07, 6.45) is 0. The molecular formula is C15H23NS2. The van der Waals surface area contributed by atoms with Crippen LogP contribution in [0.2, 0.25) is 0 Å². The van der Waals surface area contributed by atoms with Gasteiger partial charge >= 0.3 is 0 Å². The fraction of sp³-hybridized carbons (Fsp3) is 0.600. The van der Waals surface area contributed by atoms with Crippen LogP contribution in [0, 0.1) is 0 Å². The van der Waals surface area contributed by atoms with Crippen LogP contribution in [-0.4, -0.2) is 29.1 Å². The lowest BCUT2D eigenvalue weighted by molar-refractivity contribution is 0.686. The zero-order valence-corrected chi connectivity index (χ0v) is 12.9. The average molecular weight is 281 g/mol. The molecular weight excluding hydrogens is 258 g/mol. The Hall–Kier alpha value is -0.120. The minimum atomic E-state index is 0.627. The van der Waals surface area contributed by atoms with Crippen LogP contribution < -0.4 is 5.32 Å². The van der Waals surface area contributed by atoms with Gasteiger partial charge in [-0.05, 0) is 17.0 Å². The van der Waals surface area contributed by atoms with Crippen LogP contribution in [0.3, 0.4) is 0 Å². The number of benzene rings is 1. The molecule has 0 aliphatic carbocycles. The van der Waals surface area contributed by atoms with Crippen molar-refractivity contribution in [1.82, 2.24) is 5.32 Å². The molecule has 0 aromatic heterocycles. The smallest absolute Gasteiger partial charge is 0.0263 e. The topological polar surface area (TPSA) is 12.0 Å². The number of hydrogen-bond acceptors (Lipinski definition) is 3. The summed E-state index contributed by atoms with van der Waals surface area (Å²) in [6.45, 7) is 6.63. The highest BCUT2D eigenvalue weighted by atomic mass is 32.2. The fourth-order valence-corrected chi connectivity index (χ4v) is 4.70. The van der Waals surface area contributed by atoms with E-state index in [1.165, 1.54) is 28.4 Å². The molecule has 1 saturated heterocycles. The Morgan fingerprint density at radius 3 is 2.61 bits per heavy atom. The number of thioether (sulfide) groups is 2. The SMILES string of the molecule is CC(C)c1ccc(CNCC2CSCCS2)cc1. The second-order valence-corrected chi connectivity index (χ2v) is 7.65. The summed E-state index contributed by atoms with van der Waals surface area (Å²) >= 11 is 4.21. The molecule has 2 rings (SSSR count). The Morgan fingerprint density at radius 2 is 2.00 bits per heavy atom. The van der Waals surface area contributed by atoms with Crippen molar-refractivity contribution in [1.29, 1.82) is 0 Å². The van der Waals surface area contributed by atoms with Crippen LogP contribution in [0.1, 0.15) is 30.9 Å². The molecule has 18 heavy (non-hydrogen) atoms. The molecule has 1 aliphatic rings. The van der Waals surface area contributed by atoms with Crippen molar-refractivity contribution < 1.29 is 0 Å². The van der Waals surface area contributed by atoms with Crippen molar-refractivity contribution in [3.8, 4) is 0 Å². The molecule has 0 saturated carbocycles. The Kier molecular flexibility index (Phi) is 5.93. The molecule has 1 N–H and O–H groups in total. The molecule has 1 nitrogen and oxygen atoms in total. The predicted molar refractivity (Wildman–Crippen MR) is 85.8 cm³/mol. The molecule has 1 unspecified atom stereocenters. The molecule has 1 aromatic rings. The van der Waals surface area contributed by atoms with Crippen LogP contribution in [0.25, 0.3) is 0 Å². The van der Waals surface area contributed by atoms with Crippen molar-refractivity contribution in [2.24, 2.45) is 0 Å². The van der Waals surface area contributed by atoms with Crippen molar-refractivity contribution in [2.45, 2.75) is 31.6 Å². The molecule has 1 aliphatic heterocycles. The molecule has 1 fully saturated rings. The summed E-state index contributed by atoms with van der Waals surface area (Å²) in [4.78, 5) is 0. The highest BCUT2D eigenvalue weighted by Gasteiger charge is 2.13. The molecule has 0 spiro atoms. The second kappa shape index (κ2) is 7.46. The summed E-state index contributed by atoms with van der Waals surface area (Å²) in [7, 11) is 0. The largest absolute Gasteiger partial charge is 0.312 e. The van der Waals surface area contributed by atoms with Crippen molar-refractivity contribution in [3.05, 3.63) is 35.4 Å². The highest BCUT2D eigenvalue weighted by Crippen LogP contribution is 2.23. The molecule has 0 amide bonds. The van der Waals surface area contributed by atoms with Crippen LogP contribution >= 0.6 is 23.5 Å². The van der Waals surface area contributed by atoms with Crippen molar-refractivity contribution in [2.75, 3.05) is 23.8 Å². The first kappa shape index (κ1) is 14.3. The van der Waals surface area contributed by atoms with Crippen LogP contribution in [0.15, 0.2) is 24.3 Å². The maximum absolute atomic E-state index is 3.59. The van der Waals surface area contributed by atoms with E-state index >= 15 is 0 Å². The van der Waals surface area contributed by atoms with Gasteiger partial charge in [0.15, 0.2) is 0 Å². The summed E-state index contributed by atoms with van der Waals surface area (Å²) < 4.78 is 0. The van der Waals surface area contributed by atoms with Gasteiger partial charge in [0.1, 0.15) is 0 Å². The minimum absolute atomic E-state index is 0.627. The van der Waals surface area contributed by atoms with Crippen molar-refractivity contribution >= 4 is 23.5 Å². The second-order valence-electron chi connectivity index (χ2n) is 5.09. The van der Waals surface area contributed by atoms with E-state index in [1.54, 1.807) is 0 Å². The third kappa shape index (κ3) is 4.52. The Bertz CT molecular complexity index is 342. The lowest BCUT2D eigenvalue weighted by Gasteiger charge is -2.21. The maximum atomic E-state index is 3.59. The van der Waals surface area contributed by atoms with Gasteiger partial charge in [0.2, 0.25) is 0 Å². The zero-order chi connectivity index (χ0) is 12.8. The first-order valence-electron chi connectivity index (χ1n) is 6.74. The first-order chi connectivity index (χ1) is 8.75. The van der Waals surface area contributed by atoms with Crippen molar-refractivity contribution in [3.63, 3.8) is 0 Å². The molecule has 100 valence electrons. The summed E-state index contributed by atoms with van der Waals surface area (Å²) in [5.41, 5.74) is 2.82. The molecule has 0 bridgehead atoms. The standard InChI is InChI=1S/C15H23NS2/c1-12(2)14-5-3-13(4-6-14)9-16-10-15-11-17-7-8-18-15/h3-6,12,15-16H,7-11H2,1-2H3. The van der Waals surface area contributed by atoms with Gasteiger partial charge in [-0.1, -0.05) is 38.1 Å². The first-order valence-corrected chi connectivity index (χ1v) is 8.95. The monoisotopic (exact) mass is 281 g/mol. The van der Waals surface area contributed by atoms with E-state index in [1.807, 2.05) is 0 Å². The van der Waals surface area contributed by atoms with Crippen LogP contribution in [0.5, 0.6) is 0 Å². The van der Waals surface area contributed by atoms with E-state index < -0.39 is 0 Å². The third-order valence-electron chi connectivity index (χ3n) is 3.23. The van der Waals surface area contributed by atoms with E-state index in [9.17, 15) is 0 Å². The van der Waals surface area contributed by atoms with E-state index in [2.05, 4.69) is 67.0 Å². The molecule has 1 aromatic carbocycles. The van der Waals surface area contributed by atoms with Gasteiger partial charge in [-0.15, -0.1) is 0 Å². The molecule has 3 heteroatoms. The van der Waals surface area contributed by atoms with E-state index in [0.29, 0.717) is 5.92 Å². The minimum Gasteiger partial charge on any atom is -0.312 e. The van der Waals surface area contributed by atoms with E-state index in [-0.39, 0.29) is 0 Å². The van der Waals surface area contributed by atoms with E-state index in [4.69, 9.17) is 0 Å². The normalized spacial score (nSPS) is 20.3. The Morgan fingerprint density at radius 1 is 1.22 bits per heavy atom. The third-order valence-corrected chi connectivity index (χ3v) is 6.08. The van der Waals surface area contributed by atoms with Gasteiger partial charge in [-0.25, -0.2) is 0 Å². The maximum Gasteiger partial charge on any atom is 0.0263 e. The zero-order valence-electron chi connectivity index (χ0n) is 11.3. The summed E-state index contributed by atoms with van der Waals surface area (Å²) in [5, 5.41) is 4.39. The van der Waals surface area contributed by atoms with Gasteiger partial charge in [0, 0.05) is 35.6 Å². The van der Waals surface area contributed by atoms with Crippen LogP contribution in [0.4, 0.5) is 0 Å². The predicted octanol–water partition coefficient (Wildman–Crippen LogP) is 3.75.